The van der Waals surface area contributed by atoms with Gasteiger partial charge < -0.3 is 10.1 Å². The minimum atomic E-state index is -4.08. The van der Waals surface area contributed by atoms with Crippen LogP contribution in [-0.4, -0.2) is 32.9 Å². The Labute approximate surface area is 163 Å². The maximum Gasteiger partial charge on any atom is 0.321 e. The summed E-state index contributed by atoms with van der Waals surface area (Å²) in [7, 11) is -4.08. The molecule has 0 aliphatic rings. The van der Waals surface area contributed by atoms with Crippen molar-refractivity contribution in [3.05, 3.63) is 59.7 Å². The Morgan fingerprint density at radius 2 is 1.79 bits per heavy atom. The van der Waals surface area contributed by atoms with Gasteiger partial charge in [-0.05, 0) is 38.1 Å². The van der Waals surface area contributed by atoms with E-state index in [0.717, 1.165) is 5.56 Å². The van der Waals surface area contributed by atoms with Crippen LogP contribution in [0.1, 0.15) is 18.1 Å². The largest absolute Gasteiger partial charge is 0.452 e. The van der Waals surface area contributed by atoms with E-state index in [1.807, 2.05) is 19.1 Å². The van der Waals surface area contributed by atoms with Crippen LogP contribution in [0.25, 0.3) is 0 Å². The highest BCUT2D eigenvalue weighted by atomic mass is 32.2. The fourth-order valence-corrected chi connectivity index (χ4v) is 3.32. The van der Waals surface area contributed by atoms with Gasteiger partial charge in [0, 0.05) is 5.69 Å². The topological polar surface area (TPSA) is 125 Å². The molecule has 0 radical (unpaired) electrons. The predicted molar refractivity (Wildman–Crippen MR) is 102 cm³/mol. The molecule has 0 heterocycles. The van der Waals surface area contributed by atoms with E-state index in [0.29, 0.717) is 5.69 Å². The minimum absolute atomic E-state index is 0.0470. The third-order valence-corrected chi connectivity index (χ3v) is 5.16. The highest BCUT2D eigenvalue weighted by Crippen LogP contribution is 2.14. The van der Waals surface area contributed by atoms with Gasteiger partial charge in [-0.2, -0.15) is 9.98 Å². The van der Waals surface area contributed by atoms with Gasteiger partial charge in [-0.15, -0.1) is 0 Å². The van der Waals surface area contributed by atoms with E-state index >= 15 is 0 Å². The lowest BCUT2D eigenvalue weighted by Gasteiger charge is -2.14. The molecule has 0 unspecified atom stereocenters. The number of amides is 1. The Kier molecular flexibility index (Phi) is 6.87. The predicted octanol–water partition coefficient (Wildman–Crippen LogP) is 1.72. The van der Waals surface area contributed by atoms with E-state index in [1.165, 1.54) is 31.2 Å². The Morgan fingerprint density at radius 1 is 1.14 bits per heavy atom. The maximum absolute atomic E-state index is 12.3. The summed E-state index contributed by atoms with van der Waals surface area (Å²) in [5.74, 6) is -1.47. The van der Waals surface area contributed by atoms with Crippen molar-refractivity contribution in [1.82, 2.24) is 4.72 Å². The Morgan fingerprint density at radius 3 is 2.43 bits per heavy atom. The lowest BCUT2D eigenvalue weighted by Crippen LogP contribution is -2.36. The van der Waals surface area contributed by atoms with Crippen LogP contribution in [0.15, 0.2) is 53.4 Å². The summed E-state index contributed by atoms with van der Waals surface area (Å²) in [5.41, 5.74) is 1.53. The zero-order valence-corrected chi connectivity index (χ0v) is 16.1. The Bertz CT molecular complexity index is 1010. The number of carbonyl (C=O) groups is 2. The summed E-state index contributed by atoms with van der Waals surface area (Å²) in [5, 5.41) is 11.6. The third kappa shape index (κ3) is 5.64. The number of hydrogen-bond acceptors (Lipinski definition) is 6. The lowest BCUT2D eigenvalue weighted by molar-refractivity contribution is -0.151. The van der Waals surface area contributed by atoms with Crippen LogP contribution in [-0.2, 0) is 24.3 Å². The molecule has 2 N–H and O–H groups in total. The van der Waals surface area contributed by atoms with Crippen molar-refractivity contribution < 1.29 is 22.7 Å². The van der Waals surface area contributed by atoms with Gasteiger partial charge >= 0.3 is 5.97 Å². The van der Waals surface area contributed by atoms with Crippen molar-refractivity contribution in [3.63, 3.8) is 0 Å². The van der Waals surface area contributed by atoms with E-state index in [1.54, 1.807) is 18.2 Å². The molecule has 0 aromatic heterocycles. The third-order valence-electron chi connectivity index (χ3n) is 3.70. The second-order valence-electron chi connectivity index (χ2n) is 5.92. The molecule has 1 amide bonds. The van der Waals surface area contributed by atoms with Crippen LogP contribution in [0.3, 0.4) is 0 Å². The first-order valence-electron chi connectivity index (χ1n) is 8.29. The van der Waals surface area contributed by atoms with Crippen molar-refractivity contribution in [2.45, 2.75) is 24.8 Å². The van der Waals surface area contributed by atoms with E-state index < -0.39 is 34.5 Å². The van der Waals surface area contributed by atoms with Gasteiger partial charge in [0.15, 0.2) is 6.10 Å². The zero-order valence-electron chi connectivity index (χ0n) is 15.3. The van der Waals surface area contributed by atoms with Gasteiger partial charge in [-0.1, -0.05) is 29.8 Å². The Balaban J connectivity index is 1.91. The summed E-state index contributed by atoms with van der Waals surface area (Å²) in [4.78, 5) is 23.7. The number of nitrogens with one attached hydrogen (secondary N) is 2. The Hall–Kier alpha value is -3.22. The molecule has 0 spiro atoms. The monoisotopic (exact) mass is 401 g/mol. The number of hydrogen-bond donors (Lipinski definition) is 2. The SMILES string of the molecule is Cc1ccc(NC(=O)[C@H](C)OC(=O)CNS(=O)(=O)c2ccccc2C#N)cc1. The summed E-state index contributed by atoms with van der Waals surface area (Å²) in [6.07, 6.45) is -1.12. The van der Waals surface area contributed by atoms with Crippen LogP contribution < -0.4 is 10.0 Å². The molecule has 0 saturated carbocycles. The molecule has 2 rings (SSSR count). The van der Waals surface area contributed by atoms with Crippen LogP contribution in [0.4, 0.5) is 5.69 Å². The molecule has 0 saturated heterocycles. The molecule has 8 nitrogen and oxygen atoms in total. The molecule has 2 aromatic carbocycles. The highest BCUT2D eigenvalue weighted by molar-refractivity contribution is 7.89. The quantitative estimate of drug-likeness (QED) is 0.681. The van der Waals surface area contributed by atoms with Crippen molar-refractivity contribution in [2.75, 3.05) is 11.9 Å². The number of benzene rings is 2. The molecule has 1 atom stereocenters. The van der Waals surface area contributed by atoms with Gasteiger partial charge in [0.1, 0.15) is 12.6 Å². The van der Waals surface area contributed by atoms with Crippen molar-refractivity contribution >= 4 is 27.6 Å². The van der Waals surface area contributed by atoms with E-state index in [4.69, 9.17) is 10.00 Å². The normalized spacial score (nSPS) is 11.9. The van der Waals surface area contributed by atoms with Crippen LogP contribution in [0.5, 0.6) is 0 Å². The summed E-state index contributed by atoms with van der Waals surface area (Å²) in [6, 6.07) is 14.4. The number of rotatable bonds is 7. The zero-order chi connectivity index (χ0) is 20.7. The van der Waals surface area contributed by atoms with Gasteiger partial charge in [0.05, 0.1) is 10.5 Å². The van der Waals surface area contributed by atoms with Gasteiger partial charge in [-0.25, -0.2) is 8.42 Å². The number of esters is 1. The van der Waals surface area contributed by atoms with Crippen LogP contribution in [0.2, 0.25) is 0 Å². The average Bonchev–Trinajstić information content (AvgIpc) is 2.68. The number of nitrogens with zero attached hydrogens (tertiary/aromatic N) is 1. The highest BCUT2D eigenvalue weighted by Gasteiger charge is 2.22. The molecule has 2 aromatic rings. The first-order chi connectivity index (χ1) is 13.2. The van der Waals surface area contributed by atoms with Crippen LogP contribution in [0, 0.1) is 18.3 Å². The number of ether oxygens (including phenoxy) is 1. The molecule has 0 aliphatic heterocycles. The number of aryl methyl sites for hydroxylation is 1. The average molecular weight is 401 g/mol. The van der Waals surface area contributed by atoms with E-state index in [2.05, 4.69) is 10.0 Å². The van der Waals surface area contributed by atoms with Crippen molar-refractivity contribution in [2.24, 2.45) is 0 Å². The summed E-state index contributed by atoms with van der Waals surface area (Å²) >= 11 is 0. The minimum Gasteiger partial charge on any atom is -0.452 e. The molecular weight excluding hydrogens is 382 g/mol. The van der Waals surface area contributed by atoms with E-state index in [-0.39, 0.29) is 10.5 Å². The molecule has 28 heavy (non-hydrogen) atoms. The van der Waals surface area contributed by atoms with Crippen LogP contribution >= 0.6 is 0 Å². The number of anilines is 1. The smallest absolute Gasteiger partial charge is 0.321 e. The molecule has 146 valence electrons. The molecule has 0 fully saturated rings. The van der Waals surface area contributed by atoms with Crippen molar-refractivity contribution in [1.29, 1.82) is 5.26 Å². The molecule has 9 heteroatoms. The summed E-state index contributed by atoms with van der Waals surface area (Å²) < 4.78 is 31.5. The second kappa shape index (κ2) is 9.12. The fourth-order valence-electron chi connectivity index (χ4n) is 2.20. The first kappa shape index (κ1) is 21.1. The second-order valence-corrected chi connectivity index (χ2v) is 7.66. The molecule has 0 aliphatic carbocycles. The lowest BCUT2D eigenvalue weighted by atomic mass is 10.2. The number of nitriles is 1. The fraction of sp³-hybridized carbons (Fsp3) is 0.211. The standard InChI is InChI=1S/C19H19N3O5S/c1-13-7-9-16(10-8-13)22-19(24)14(2)27-18(23)12-21-28(25,26)17-6-4-3-5-15(17)11-20/h3-10,14,21H,12H2,1-2H3,(H,22,24)/t14-/m0/s1. The molecule has 0 bridgehead atoms. The van der Waals surface area contributed by atoms with Gasteiger partial charge in [-0.3, -0.25) is 9.59 Å². The number of carbonyl (C=O) groups excluding carboxylic acids is 2. The first-order valence-corrected chi connectivity index (χ1v) is 9.77. The molecular formula is C19H19N3O5S. The van der Waals surface area contributed by atoms with E-state index in [9.17, 15) is 18.0 Å². The number of sulfonamides is 1. The maximum atomic E-state index is 12.3. The van der Waals surface area contributed by atoms with Gasteiger partial charge in [0.25, 0.3) is 5.91 Å². The van der Waals surface area contributed by atoms with Crippen molar-refractivity contribution in [3.8, 4) is 6.07 Å². The summed E-state index contributed by atoms with van der Waals surface area (Å²) in [6.45, 7) is 2.61. The van der Waals surface area contributed by atoms with Gasteiger partial charge in [0.2, 0.25) is 10.0 Å².